The molecule has 2 aromatic carbocycles. The van der Waals surface area contributed by atoms with Crippen LogP contribution in [-0.2, 0) is 11.2 Å². The van der Waals surface area contributed by atoms with Gasteiger partial charge in [-0.1, -0.05) is 48.5 Å². The first-order valence-electron chi connectivity index (χ1n) is 11.0. The number of carbonyl (C=O) groups is 1. The van der Waals surface area contributed by atoms with Crippen molar-refractivity contribution < 1.29 is 15.1 Å². The van der Waals surface area contributed by atoms with Crippen LogP contribution in [0.4, 0.5) is 5.69 Å². The molecule has 1 atom stereocenters. The molecule has 6 heteroatoms. The third-order valence-corrected chi connectivity index (χ3v) is 5.88. The Balaban J connectivity index is 1.46. The average molecular weight is 424 g/mol. The Labute approximate surface area is 184 Å². The second kappa shape index (κ2) is 11.0. The number of carboxylic acids is 1. The average Bonchev–Trinajstić information content (AvgIpc) is 2.75. The Hall–Kier alpha value is -2.86. The van der Waals surface area contributed by atoms with Gasteiger partial charge in [-0.25, -0.2) is 0 Å². The summed E-state index contributed by atoms with van der Waals surface area (Å²) in [5, 5.41) is 21.3. The Morgan fingerprint density at radius 3 is 2.39 bits per heavy atom. The Morgan fingerprint density at radius 1 is 1.06 bits per heavy atom. The molecule has 1 heterocycles. The van der Waals surface area contributed by atoms with Crippen molar-refractivity contribution in [2.24, 2.45) is 11.1 Å². The Morgan fingerprint density at radius 2 is 1.77 bits per heavy atom. The predicted octanol–water partition coefficient (Wildman–Crippen LogP) is 4.04. The van der Waals surface area contributed by atoms with Gasteiger partial charge in [0.05, 0.1) is 12.1 Å². The molecular weight excluding hydrogens is 390 g/mol. The number of benzene rings is 2. The molecular formula is C25H33N3O3. The SMILES string of the molecule is Cc1cccc(N2CCN(CC(C)Cc3ccc(C(CCC(=O)O)=NO)cc3)CC2)c1. The molecule has 166 valence electrons. The first kappa shape index (κ1) is 22.8. The van der Waals surface area contributed by atoms with Crippen molar-refractivity contribution in [3.05, 3.63) is 65.2 Å². The number of rotatable bonds is 9. The summed E-state index contributed by atoms with van der Waals surface area (Å²) in [6.45, 7) is 9.78. The molecule has 0 spiro atoms. The van der Waals surface area contributed by atoms with Crippen molar-refractivity contribution >= 4 is 17.4 Å². The molecule has 2 N–H and O–H groups in total. The quantitative estimate of drug-likeness (QED) is 0.362. The molecule has 31 heavy (non-hydrogen) atoms. The number of aliphatic carboxylic acids is 1. The minimum absolute atomic E-state index is 0.0463. The molecule has 0 bridgehead atoms. The molecule has 0 amide bonds. The topological polar surface area (TPSA) is 76.4 Å². The van der Waals surface area contributed by atoms with Crippen LogP contribution in [-0.4, -0.2) is 59.6 Å². The van der Waals surface area contributed by atoms with Crippen molar-refractivity contribution in [2.45, 2.75) is 33.1 Å². The van der Waals surface area contributed by atoms with Crippen LogP contribution < -0.4 is 4.90 Å². The second-order valence-electron chi connectivity index (χ2n) is 8.57. The standard InChI is InChI=1S/C25H33N3O3/c1-19-4-3-5-23(17-19)28-14-12-27(13-15-28)18-20(2)16-21-6-8-22(9-7-21)24(26-31)10-11-25(29)30/h3-9,17,20,31H,10-16,18H2,1-2H3,(H,29,30). The maximum Gasteiger partial charge on any atom is 0.303 e. The molecule has 1 aliphatic rings. The zero-order valence-electron chi connectivity index (χ0n) is 18.5. The summed E-state index contributed by atoms with van der Waals surface area (Å²) in [6, 6.07) is 16.7. The zero-order valence-corrected chi connectivity index (χ0v) is 18.5. The minimum atomic E-state index is -0.897. The molecule has 1 fully saturated rings. The van der Waals surface area contributed by atoms with Gasteiger partial charge in [0.1, 0.15) is 0 Å². The van der Waals surface area contributed by atoms with E-state index in [-0.39, 0.29) is 12.8 Å². The number of carboxylic acid groups (broad SMARTS) is 1. The number of oxime groups is 1. The summed E-state index contributed by atoms with van der Waals surface area (Å²) in [6.07, 6.45) is 1.16. The van der Waals surface area contributed by atoms with Crippen LogP contribution in [0.3, 0.4) is 0 Å². The van der Waals surface area contributed by atoms with Gasteiger partial charge in [-0.3, -0.25) is 9.69 Å². The summed E-state index contributed by atoms with van der Waals surface area (Å²) >= 11 is 0. The zero-order chi connectivity index (χ0) is 22.2. The van der Waals surface area contributed by atoms with Crippen molar-refractivity contribution in [2.75, 3.05) is 37.6 Å². The molecule has 6 nitrogen and oxygen atoms in total. The summed E-state index contributed by atoms with van der Waals surface area (Å²) in [5.74, 6) is -0.360. The highest BCUT2D eigenvalue weighted by molar-refractivity contribution is 6.01. The van der Waals surface area contributed by atoms with E-state index in [1.165, 1.54) is 16.8 Å². The van der Waals surface area contributed by atoms with Crippen molar-refractivity contribution in [3.63, 3.8) is 0 Å². The fraction of sp³-hybridized carbons (Fsp3) is 0.440. The molecule has 1 aliphatic heterocycles. The van der Waals surface area contributed by atoms with Gasteiger partial charge in [-0.15, -0.1) is 0 Å². The lowest BCUT2D eigenvalue weighted by Gasteiger charge is -2.37. The van der Waals surface area contributed by atoms with Crippen LogP contribution >= 0.6 is 0 Å². The highest BCUT2D eigenvalue weighted by atomic mass is 16.4. The van der Waals surface area contributed by atoms with E-state index in [4.69, 9.17) is 5.11 Å². The third-order valence-electron chi connectivity index (χ3n) is 5.88. The van der Waals surface area contributed by atoms with E-state index < -0.39 is 5.97 Å². The lowest BCUT2D eigenvalue weighted by Crippen LogP contribution is -2.47. The smallest absolute Gasteiger partial charge is 0.303 e. The lowest BCUT2D eigenvalue weighted by molar-refractivity contribution is -0.136. The van der Waals surface area contributed by atoms with E-state index in [0.29, 0.717) is 11.6 Å². The highest BCUT2D eigenvalue weighted by Gasteiger charge is 2.19. The number of hydrogen-bond donors (Lipinski definition) is 2. The maximum absolute atomic E-state index is 10.8. The predicted molar refractivity (Wildman–Crippen MR) is 124 cm³/mol. The van der Waals surface area contributed by atoms with Crippen LogP contribution in [0.5, 0.6) is 0 Å². The van der Waals surface area contributed by atoms with Gasteiger partial charge in [0, 0.05) is 44.8 Å². The fourth-order valence-corrected chi connectivity index (χ4v) is 4.23. The highest BCUT2D eigenvalue weighted by Crippen LogP contribution is 2.19. The second-order valence-corrected chi connectivity index (χ2v) is 8.57. The summed E-state index contributed by atoms with van der Waals surface area (Å²) in [5.41, 5.74) is 5.05. The van der Waals surface area contributed by atoms with E-state index in [9.17, 15) is 10.0 Å². The molecule has 0 aliphatic carbocycles. The number of nitrogens with zero attached hydrogens (tertiary/aromatic N) is 3. The van der Waals surface area contributed by atoms with E-state index in [1.807, 2.05) is 24.3 Å². The molecule has 2 aromatic rings. The number of aryl methyl sites for hydroxylation is 1. The van der Waals surface area contributed by atoms with Gasteiger partial charge in [0.15, 0.2) is 0 Å². The van der Waals surface area contributed by atoms with Crippen LogP contribution in [0.25, 0.3) is 0 Å². The maximum atomic E-state index is 10.8. The molecule has 3 rings (SSSR count). The van der Waals surface area contributed by atoms with Gasteiger partial charge >= 0.3 is 5.97 Å². The van der Waals surface area contributed by atoms with Gasteiger partial charge in [-0.2, -0.15) is 0 Å². The molecule has 1 unspecified atom stereocenters. The monoisotopic (exact) mass is 423 g/mol. The number of anilines is 1. The summed E-state index contributed by atoms with van der Waals surface area (Å²) in [4.78, 5) is 15.8. The molecule has 0 aromatic heterocycles. The van der Waals surface area contributed by atoms with Gasteiger partial charge in [0.2, 0.25) is 0 Å². The van der Waals surface area contributed by atoms with E-state index in [1.54, 1.807) is 0 Å². The van der Waals surface area contributed by atoms with Gasteiger partial charge in [0.25, 0.3) is 0 Å². The number of piperazine rings is 1. The van der Waals surface area contributed by atoms with Crippen LogP contribution in [0, 0.1) is 12.8 Å². The summed E-state index contributed by atoms with van der Waals surface area (Å²) in [7, 11) is 0. The van der Waals surface area contributed by atoms with Gasteiger partial charge < -0.3 is 15.2 Å². The molecule has 0 saturated carbocycles. The van der Waals surface area contributed by atoms with Crippen LogP contribution in [0.2, 0.25) is 0 Å². The third kappa shape index (κ3) is 6.82. The Bertz CT molecular complexity index is 887. The fourth-order valence-electron chi connectivity index (χ4n) is 4.23. The molecule has 0 radical (unpaired) electrons. The van der Waals surface area contributed by atoms with Crippen molar-refractivity contribution in [1.82, 2.24) is 4.90 Å². The first-order chi connectivity index (χ1) is 14.9. The van der Waals surface area contributed by atoms with Crippen LogP contribution in [0.15, 0.2) is 53.7 Å². The first-order valence-corrected chi connectivity index (χ1v) is 11.0. The van der Waals surface area contributed by atoms with E-state index in [2.05, 4.69) is 53.1 Å². The molecule has 1 saturated heterocycles. The van der Waals surface area contributed by atoms with E-state index >= 15 is 0 Å². The van der Waals surface area contributed by atoms with Crippen molar-refractivity contribution in [1.29, 1.82) is 0 Å². The number of hydrogen-bond acceptors (Lipinski definition) is 5. The van der Waals surface area contributed by atoms with Crippen molar-refractivity contribution in [3.8, 4) is 0 Å². The largest absolute Gasteiger partial charge is 0.481 e. The summed E-state index contributed by atoms with van der Waals surface area (Å²) < 4.78 is 0. The van der Waals surface area contributed by atoms with Crippen LogP contribution in [0.1, 0.15) is 36.5 Å². The van der Waals surface area contributed by atoms with E-state index in [0.717, 1.165) is 44.7 Å². The Kier molecular flexibility index (Phi) is 8.06. The minimum Gasteiger partial charge on any atom is -0.481 e. The lowest BCUT2D eigenvalue weighted by atomic mass is 9.97. The van der Waals surface area contributed by atoms with Gasteiger partial charge in [-0.05, 0) is 48.1 Å². The normalized spacial score (nSPS) is 16.3.